The zero-order valence-corrected chi connectivity index (χ0v) is 11.4. The third-order valence-electron chi connectivity index (χ3n) is 3.07. The molecule has 1 aromatic rings. The summed E-state index contributed by atoms with van der Waals surface area (Å²) in [5.41, 5.74) is -1.47. The van der Waals surface area contributed by atoms with Gasteiger partial charge in [0.15, 0.2) is 0 Å². The molecule has 0 radical (unpaired) electrons. The molecular formula is C14H16F3NO3. The molecule has 1 aromatic carbocycles. The van der Waals surface area contributed by atoms with Crippen LogP contribution in [-0.4, -0.2) is 23.5 Å². The Hall–Kier alpha value is -2.05. The lowest BCUT2D eigenvalue weighted by Gasteiger charge is -2.16. The van der Waals surface area contributed by atoms with E-state index in [-0.39, 0.29) is 18.9 Å². The first-order valence-corrected chi connectivity index (χ1v) is 6.42. The van der Waals surface area contributed by atoms with Crippen LogP contribution in [0.2, 0.25) is 0 Å². The number of hydrogen-bond acceptors (Lipinski definition) is 2. The van der Waals surface area contributed by atoms with Gasteiger partial charge in [0.2, 0.25) is 0 Å². The summed E-state index contributed by atoms with van der Waals surface area (Å²) in [7, 11) is 0. The van der Waals surface area contributed by atoms with Crippen molar-refractivity contribution in [2.75, 3.05) is 6.54 Å². The van der Waals surface area contributed by atoms with E-state index in [0.29, 0.717) is 6.42 Å². The first kappa shape index (κ1) is 17.0. The lowest BCUT2D eigenvalue weighted by atomic mass is 10.0. The maximum atomic E-state index is 12.8. The van der Waals surface area contributed by atoms with Crippen molar-refractivity contribution in [1.82, 2.24) is 5.32 Å². The number of carbonyl (C=O) groups excluding carboxylic acids is 1. The molecule has 0 saturated heterocycles. The molecule has 1 unspecified atom stereocenters. The minimum Gasteiger partial charge on any atom is -0.481 e. The van der Waals surface area contributed by atoms with Crippen molar-refractivity contribution in [3.63, 3.8) is 0 Å². The van der Waals surface area contributed by atoms with Crippen LogP contribution >= 0.6 is 0 Å². The van der Waals surface area contributed by atoms with Gasteiger partial charge in [0.05, 0.1) is 11.1 Å². The topological polar surface area (TPSA) is 66.4 Å². The normalized spacial score (nSPS) is 12.8. The SMILES string of the molecule is CCC(CNC(=O)c1ccccc1C(F)(F)F)CC(=O)O. The Bertz CT molecular complexity index is 514. The summed E-state index contributed by atoms with van der Waals surface area (Å²) in [6, 6.07) is 4.48. The smallest absolute Gasteiger partial charge is 0.417 e. The van der Waals surface area contributed by atoms with Gasteiger partial charge in [-0.1, -0.05) is 25.5 Å². The number of nitrogens with one attached hydrogen (secondary N) is 1. The van der Waals surface area contributed by atoms with E-state index in [9.17, 15) is 22.8 Å². The molecule has 1 rings (SSSR count). The second kappa shape index (κ2) is 7.10. The molecule has 1 amide bonds. The van der Waals surface area contributed by atoms with Gasteiger partial charge in [-0.25, -0.2) is 0 Å². The predicted octanol–water partition coefficient (Wildman–Crippen LogP) is 2.94. The summed E-state index contributed by atoms with van der Waals surface area (Å²) in [5, 5.41) is 11.1. The summed E-state index contributed by atoms with van der Waals surface area (Å²) < 4.78 is 38.4. The number of rotatable bonds is 6. The fourth-order valence-electron chi connectivity index (χ4n) is 1.87. The average molecular weight is 303 g/mol. The lowest BCUT2D eigenvalue weighted by molar-refractivity contribution is -0.138. The Labute approximate surface area is 120 Å². The van der Waals surface area contributed by atoms with Crippen LogP contribution < -0.4 is 5.32 Å². The van der Waals surface area contributed by atoms with E-state index in [1.54, 1.807) is 6.92 Å². The van der Waals surface area contributed by atoms with Crippen molar-refractivity contribution < 1.29 is 27.9 Å². The van der Waals surface area contributed by atoms with Gasteiger partial charge in [-0.15, -0.1) is 0 Å². The molecule has 0 saturated carbocycles. The number of hydrogen-bond donors (Lipinski definition) is 2. The van der Waals surface area contributed by atoms with Crippen LogP contribution in [0.25, 0.3) is 0 Å². The summed E-state index contributed by atoms with van der Waals surface area (Å²) in [5.74, 6) is -2.18. The van der Waals surface area contributed by atoms with Crippen LogP contribution in [0.3, 0.4) is 0 Å². The molecule has 0 aliphatic heterocycles. The number of alkyl halides is 3. The number of benzene rings is 1. The molecule has 116 valence electrons. The van der Waals surface area contributed by atoms with Gasteiger partial charge in [-0.3, -0.25) is 9.59 Å². The Kier molecular flexibility index (Phi) is 5.75. The minimum absolute atomic E-state index is 0.0217. The summed E-state index contributed by atoms with van der Waals surface area (Å²) >= 11 is 0. The zero-order chi connectivity index (χ0) is 16.0. The molecule has 0 aliphatic rings. The molecule has 7 heteroatoms. The van der Waals surface area contributed by atoms with Crippen molar-refractivity contribution in [2.45, 2.75) is 25.9 Å². The highest BCUT2D eigenvalue weighted by Gasteiger charge is 2.34. The van der Waals surface area contributed by atoms with Gasteiger partial charge >= 0.3 is 12.1 Å². The number of aliphatic carboxylic acids is 1. The Morgan fingerprint density at radius 1 is 1.29 bits per heavy atom. The third-order valence-corrected chi connectivity index (χ3v) is 3.07. The number of carboxylic acid groups (broad SMARTS) is 1. The van der Waals surface area contributed by atoms with E-state index >= 15 is 0 Å². The van der Waals surface area contributed by atoms with Crippen LogP contribution in [0.5, 0.6) is 0 Å². The van der Waals surface area contributed by atoms with Gasteiger partial charge in [0.25, 0.3) is 5.91 Å². The highest BCUT2D eigenvalue weighted by Crippen LogP contribution is 2.31. The van der Waals surface area contributed by atoms with E-state index in [4.69, 9.17) is 5.11 Å². The molecule has 0 bridgehead atoms. The van der Waals surface area contributed by atoms with Gasteiger partial charge < -0.3 is 10.4 Å². The molecule has 21 heavy (non-hydrogen) atoms. The predicted molar refractivity (Wildman–Crippen MR) is 69.8 cm³/mol. The monoisotopic (exact) mass is 303 g/mol. The fraction of sp³-hybridized carbons (Fsp3) is 0.429. The molecule has 0 spiro atoms. The highest BCUT2D eigenvalue weighted by molar-refractivity contribution is 5.95. The standard InChI is InChI=1S/C14H16F3NO3/c1-2-9(7-12(19)20)8-18-13(21)10-5-3-4-6-11(10)14(15,16)17/h3-6,9H,2,7-8H2,1H3,(H,18,21)(H,19,20). The second-order valence-electron chi connectivity index (χ2n) is 4.63. The van der Waals surface area contributed by atoms with Crippen LogP contribution in [0.4, 0.5) is 13.2 Å². The molecule has 2 N–H and O–H groups in total. The van der Waals surface area contributed by atoms with E-state index < -0.39 is 29.2 Å². The Morgan fingerprint density at radius 3 is 2.43 bits per heavy atom. The molecule has 0 fully saturated rings. The molecule has 0 aromatic heterocycles. The molecule has 0 aliphatic carbocycles. The van der Waals surface area contributed by atoms with Crippen LogP contribution in [0.1, 0.15) is 35.7 Å². The average Bonchev–Trinajstić information content (AvgIpc) is 2.41. The Morgan fingerprint density at radius 2 is 1.90 bits per heavy atom. The van der Waals surface area contributed by atoms with Crippen molar-refractivity contribution in [3.8, 4) is 0 Å². The molecule has 1 atom stereocenters. The second-order valence-corrected chi connectivity index (χ2v) is 4.63. The molecule has 0 heterocycles. The number of carbonyl (C=O) groups is 2. The molecule has 4 nitrogen and oxygen atoms in total. The van der Waals surface area contributed by atoms with Gasteiger partial charge in [-0.2, -0.15) is 13.2 Å². The van der Waals surface area contributed by atoms with Crippen molar-refractivity contribution in [2.24, 2.45) is 5.92 Å². The van der Waals surface area contributed by atoms with Crippen molar-refractivity contribution in [3.05, 3.63) is 35.4 Å². The zero-order valence-electron chi connectivity index (χ0n) is 11.4. The fourth-order valence-corrected chi connectivity index (χ4v) is 1.87. The minimum atomic E-state index is -4.61. The van der Waals surface area contributed by atoms with E-state index in [0.717, 1.165) is 12.1 Å². The summed E-state index contributed by atoms with van der Waals surface area (Å²) in [6.45, 7) is 1.78. The van der Waals surface area contributed by atoms with Gasteiger partial charge in [0.1, 0.15) is 0 Å². The summed E-state index contributed by atoms with van der Waals surface area (Å²) in [6.07, 6.45) is -4.25. The van der Waals surface area contributed by atoms with Crippen molar-refractivity contribution in [1.29, 1.82) is 0 Å². The quantitative estimate of drug-likeness (QED) is 0.849. The van der Waals surface area contributed by atoms with Crippen LogP contribution in [0, 0.1) is 5.92 Å². The van der Waals surface area contributed by atoms with Gasteiger partial charge in [0, 0.05) is 13.0 Å². The first-order valence-electron chi connectivity index (χ1n) is 6.42. The largest absolute Gasteiger partial charge is 0.481 e. The van der Waals surface area contributed by atoms with E-state index in [1.807, 2.05) is 0 Å². The van der Waals surface area contributed by atoms with Gasteiger partial charge in [-0.05, 0) is 18.1 Å². The number of amides is 1. The maximum Gasteiger partial charge on any atom is 0.417 e. The number of carboxylic acids is 1. The maximum absolute atomic E-state index is 12.8. The molecular weight excluding hydrogens is 287 g/mol. The summed E-state index contributed by atoms with van der Waals surface area (Å²) in [4.78, 5) is 22.5. The Balaban J connectivity index is 2.79. The van der Waals surface area contributed by atoms with Crippen molar-refractivity contribution >= 4 is 11.9 Å². The van der Waals surface area contributed by atoms with E-state index in [2.05, 4.69) is 5.32 Å². The highest BCUT2D eigenvalue weighted by atomic mass is 19.4. The van der Waals surface area contributed by atoms with Crippen LogP contribution in [0.15, 0.2) is 24.3 Å². The van der Waals surface area contributed by atoms with Crippen LogP contribution in [-0.2, 0) is 11.0 Å². The third kappa shape index (κ3) is 5.09. The first-order chi connectivity index (χ1) is 9.75. The number of halogens is 3. The van der Waals surface area contributed by atoms with E-state index in [1.165, 1.54) is 12.1 Å². The lowest BCUT2D eigenvalue weighted by Crippen LogP contribution is -2.31.